The first-order valence-corrected chi connectivity index (χ1v) is 10.4. The normalized spacial score (nSPS) is 15.6. The van der Waals surface area contributed by atoms with Gasteiger partial charge in [0.15, 0.2) is 0 Å². The second-order valence-electron chi connectivity index (χ2n) is 7.62. The van der Waals surface area contributed by atoms with E-state index < -0.39 is 0 Å². The standard InChI is InChI=1S/C19H28N6O2S/c1-14-5-6-16(11-15(14)2)25-18(21-22-23-25)28-12-17(26)20-13-19(3,4)24-7-9-27-10-8-24/h5-6,11H,7-10,12-13H2,1-4H3,(H,20,26). The lowest BCUT2D eigenvalue weighted by Gasteiger charge is -2.40. The first-order valence-electron chi connectivity index (χ1n) is 9.45. The van der Waals surface area contributed by atoms with Crippen molar-refractivity contribution in [1.29, 1.82) is 0 Å². The molecule has 9 heteroatoms. The van der Waals surface area contributed by atoms with Crippen molar-refractivity contribution in [1.82, 2.24) is 30.4 Å². The summed E-state index contributed by atoms with van der Waals surface area (Å²) >= 11 is 1.33. The van der Waals surface area contributed by atoms with Crippen LogP contribution < -0.4 is 5.32 Å². The summed E-state index contributed by atoms with van der Waals surface area (Å²) in [5, 5.41) is 15.5. The van der Waals surface area contributed by atoms with Gasteiger partial charge in [0.25, 0.3) is 0 Å². The molecule has 0 spiro atoms. The van der Waals surface area contributed by atoms with Crippen molar-refractivity contribution in [3.8, 4) is 5.69 Å². The van der Waals surface area contributed by atoms with E-state index in [1.54, 1.807) is 4.68 Å². The molecule has 1 saturated heterocycles. The fraction of sp³-hybridized carbons (Fsp3) is 0.579. The van der Waals surface area contributed by atoms with Gasteiger partial charge in [-0.05, 0) is 61.4 Å². The van der Waals surface area contributed by atoms with Crippen LogP contribution in [0.25, 0.3) is 5.69 Å². The number of ether oxygens (including phenoxy) is 1. The van der Waals surface area contributed by atoms with E-state index in [1.165, 1.54) is 22.9 Å². The first kappa shape index (κ1) is 20.8. The zero-order valence-corrected chi connectivity index (χ0v) is 17.8. The van der Waals surface area contributed by atoms with Gasteiger partial charge in [-0.3, -0.25) is 9.69 Å². The molecule has 0 radical (unpaired) electrons. The average Bonchev–Trinajstić information content (AvgIpc) is 3.16. The summed E-state index contributed by atoms with van der Waals surface area (Å²) in [7, 11) is 0. The number of rotatable bonds is 7. The summed E-state index contributed by atoms with van der Waals surface area (Å²) in [5.74, 6) is 0.241. The number of morpholine rings is 1. The number of carbonyl (C=O) groups excluding carboxylic acids is 1. The highest BCUT2D eigenvalue weighted by Gasteiger charge is 2.28. The Bertz CT molecular complexity index is 817. The Kier molecular flexibility index (Phi) is 6.69. The number of aromatic nitrogens is 4. The molecule has 8 nitrogen and oxygen atoms in total. The van der Waals surface area contributed by atoms with Crippen LogP contribution in [-0.4, -0.2) is 75.2 Å². The van der Waals surface area contributed by atoms with Gasteiger partial charge in [0.05, 0.1) is 24.7 Å². The summed E-state index contributed by atoms with van der Waals surface area (Å²) in [5.41, 5.74) is 3.18. The number of hydrogen-bond donors (Lipinski definition) is 1. The summed E-state index contributed by atoms with van der Waals surface area (Å²) in [6, 6.07) is 6.07. The molecule has 3 rings (SSSR count). The zero-order valence-electron chi connectivity index (χ0n) is 16.9. The second kappa shape index (κ2) is 9.02. The van der Waals surface area contributed by atoms with Crippen molar-refractivity contribution < 1.29 is 9.53 Å². The van der Waals surface area contributed by atoms with Gasteiger partial charge in [0.2, 0.25) is 11.1 Å². The Balaban J connectivity index is 1.54. The lowest BCUT2D eigenvalue weighted by Crippen LogP contribution is -2.55. The Morgan fingerprint density at radius 3 is 2.71 bits per heavy atom. The minimum atomic E-state index is -0.106. The number of hydrogen-bond acceptors (Lipinski definition) is 7. The smallest absolute Gasteiger partial charge is 0.230 e. The van der Waals surface area contributed by atoms with Crippen molar-refractivity contribution in [2.24, 2.45) is 0 Å². The van der Waals surface area contributed by atoms with Crippen molar-refractivity contribution in [3.05, 3.63) is 29.3 Å². The molecule has 1 aromatic carbocycles. The van der Waals surface area contributed by atoms with E-state index in [0.29, 0.717) is 11.7 Å². The number of carbonyl (C=O) groups is 1. The van der Waals surface area contributed by atoms with Gasteiger partial charge >= 0.3 is 0 Å². The van der Waals surface area contributed by atoms with Crippen LogP contribution in [0.5, 0.6) is 0 Å². The molecule has 152 valence electrons. The predicted molar refractivity (Wildman–Crippen MR) is 109 cm³/mol. The van der Waals surface area contributed by atoms with Crippen molar-refractivity contribution >= 4 is 17.7 Å². The van der Waals surface area contributed by atoms with E-state index in [1.807, 2.05) is 18.2 Å². The highest BCUT2D eigenvalue weighted by atomic mass is 32.2. The topological polar surface area (TPSA) is 85.2 Å². The molecule has 0 saturated carbocycles. The molecule has 1 N–H and O–H groups in total. The number of nitrogens with zero attached hydrogens (tertiary/aromatic N) is 5. The maximum Gasteiger partial charge on any atom is 0.230 e. The third kappa shape index (κ3) is 5.09. The fourth-order valence-electron chi connectivity index (χ4n) is 3.06. The largest absolute Gasteiger partial charge is 0.379 e. The molecule has 1 amide bonds. The van der Waals surface area contributed by atoms with E-state index in [-0.39, 0.29) is 17.2 Å². The number of tetrazole rings is 1. The maximum absolute atomic E-state index is 12.4. The highest BCUT2D eigenvalue weighted by Crippen LogP contribution is 2.20. The molecule has 0 unspecified atom stereocenters. The van der Waals surface area contributed by atoms with Gasteiger partial charge in [-0.15, -0.1) is 5.10 Å². The third-order valence-corrected chi connectivity index (χ3v) is 6.01. The van der Waals surface area contributed by atoms with E-state index in [0.717, 1.165) is 32.0 Å². The molecule has 1 aliphatic rings. The molecule has 1 fully saturated rings. The van der Waals surface area contributed by atoms with Gasteiger partial charge in [-0.25, -0.2) is 0 Å². The molecular formula is C19H28N6O2S. The van der Waals surface area contributed by atoms with Gasteiger partial charge in [0.1, 0.15) is 0 Å². The van der Waals surface area contributed by atoms with Gasteiger partial charge < -0.3 is 10.1 Å². The van der Waals surface area contributed by atoms with E-state index in [4.69, 9.17) is 4.74 Å². The SMILES string of the molecule is Cc1ccc(-n2nnnc2SCC(=O)NCC(C)(C)N2CCOCC2)cc1C. The van der Waals surface area contributed by atoms with Crippen LogP contribution in [0.4, 0.5) is 0 Å². The van der Waals surface area contributed by atoms with Crippen LogP contribution in [0, 0.1) is 13.8 Å². The molecule has 2 heterocycles. The van der Waals surface area contributed by atoms with Crippen LogP contribution in [0.1, 0.15) is 25.0 Å². The lowest BCUT2D eigenvalue weighted by atomic mass is 10.0. The van der Waals surface area contributed by atoms with Gasteiger partial charge in [0, 0.05) is 25.2 Å². The van der Waals surface area contributed by atoms with E-state index in [9.17, 15) is 4.79 Å². The minimum Gasteiger partial charge on any atom is -0.379 e. The highest BCUT2D eigenvalue weighted by molar-refractivity contribution is 7.99. The molecule has 2 aromatic rings. The zero-order chi connectivity index (χ0) is 20.1. The maximum atomic E-state index is 12.4. The number of thioether (sulfide) groups is 1. The molecule has 0 aliphatic carbocycles. The number of aryl methyl sites for hydroxylation is 2. The predicted octanol–water partition coefficient (Wildman–Crippen LogP) is 1.60. The number of amides is 1. The van der Waals surface area contributed by atoms with Crippen molar-refractivity contribution in [2.45, 2.75) is 38.4 Å². The minimum absolute atomic E-state index is 0.0269. The molecule has 0 bridgehead atoms. The van der Waals surface area contributed by atoms with Crippen LogP contribution in [-0.2, 0) is 9.53 Å². The Hall–Kier alpha value is -1.97. The van der Waals surface area contributed by atoms with E-state index in [2.05, 4.69) is 53.4 Å². The lowest BCUT2D eigenvalue weighted by molar-refractivity contribution is -0.119. The summed E-state index contributed by atoms with van der Waals surface area (Å²) in [4.78, 5) is 14.7. The quantitative estimate of drug-likeness (QED) is 0.702. The molecule has 0 atom stereocenters. The first-order chi connectivity index (χ1) is 13.4. The van der Waals surface area contributed by atoms with Crippen LogP contribution in [0.2, 0.25) is 0 Å². The molecule has 1 aliphatic heterocycles. The number of nitrogens with one attached hydrogen (secondary N) is 1. The number of benzene rings is 1. The average molecular weight is 405 g/mol. The monoisotopic (exact) mass is 404 g/mol. The van der Waals surface area contributed by atoms with E-state index >= 15 is 0 Å². The fourth-order valence-corrected chi connectivity index (χ4v) is 3.79. The Morgan fingerprint density at radius 2 is 2.00 bits per heavy atom. The molecule has 1 aromatic heterocycles. The van der Waals surface area contributed by atoms with Crippen LogP contribution >= 0.6 is 11.8 Å². The summed E-state index contributed by atoms with van der Waals surface area (Å²) in [6.45, 7) is 12.3. The molecular weight excluding hydrogens is 376 g/mol. The second-order valence-corrected chi connectivity index (χ2v) is 8.56. The van der Waals surface area contributed by atoms with Gasteiger partial charge in [-0.1, -0.05) is 17.8 Å². The van der Waals surface area contributed by atoms with Crippen LogP contribution in [0.3, 0.4) is 0 Å². The van der Waals surface area contributed by atoms with Crippen LogP contribution in [0.15, 0.2) is 23.4 Å². The summed E-state index contributed by atoms with van der Waals surface area (Å²) in [6.07, 6.45) is 0. The Labute approximate surface area is 170 Å². The summed E-state index contributed by atoms with van der Waals surface area (Å²) < 4.78 is 7.08. The van der Waals surface area contributed by atoms with Crippen molar-refractivity contribution in [2.75, 3.05) is 38.6 Å². The Morgan fingerprint density at radius 1 is 1.25 bits per heavy atom. The third-order valence-electron chi connectivity index (χ3n) is 5.09. The van der Waals surface area contributed by atoms with Gasteiger partial charge in [-0.2, -0.15) is 4.68 Å². The molecule has 28 heavy (non-hydrogen) atoms. The van der Waals surface area contributed by atoms with Crippen molar-refractivity contribution in [3.63, 3.8) is 0 Å².